The Morgan fingerprint density at radius 1 is 0.889 bits per heavy atom. The molecule has 0 atom stereocenters. The van der Waals surface area contributed by atoms with Crippen LogP contribution in [0, 0.1) is 0 Å². The third-order valence-electron chi connectivity index (χ3n) is 4.87. The molecular weight excluding hydrogens is 336 g/mol. The number of hydrogen-bond donors (Lipinski definition) is 2. The molecule has 0 fully saturated rings. The minimum atomic E-state index is -0.458. The van der Waals surface area contributed by atoms with E-state index < -0.39 is 11.7 Å². The number of anilines is 2. The molecule has 0 spiro atoms. The maximum atomic E-state index is 11.6. The predicted octanol–water partition coefficient (Wildman–Crippen LogP) is 5.28. The summed E-state index contributed by atoms with van der Waals surface area (Å²) in [6, 6.07) is 12.3. The highest BCUT2D eigenvalue weighted by atomic mass is 16.6. The van der Waals surface area contributed by atoms with Crippen molar-refractivity contribution in [1.29, 1.82) is 0 Å². The number of hydrogen-bond acceptors (Lipinski definition) is 3. The molecule has 2 aromatic rings. The molecule has 1 amide bonds. The van der Waals surface area contributed by atoms with Gasteiger partial charge in [-0.15, -0.1) is 0 Å². The molecule has 3 N–H and O–H groups in total. The van der Waals surface area contributed by atoms with Crippen molar-refractivity contribution in [1.82, 2.24) is 0 Å². The summed E-state index contributed by atoms with van der Waals surface area (Å²) in [5, 5.41) is 2.77. The maximum absolute atomic E-state index is 11.6. The van der Waals surface area contributed by atoms with Gasteiger partial charge in [-0.25, -0.2) is 4.79 Å². The van der Waals surface area contributed by atoms with E-state index in [9.17, 15) is 4.79 Å². The smallest absolute Gasteiger partial charge is 0.412 e. The molecule has 4 heteroatoms. The van der Waals surface area contributed by atoms with Gasteiger partial charge < -0.3 is 10.5 Å². The van der Waals surface area contributed by atoms with E-state index in [1.807, 2.05) is 39.0 Å². The summed E-state index contributed by atoms with van der Waals surface area (Å²) in [4.78, 5) is 11.6. The first-order valence-corrected chi connectivity index (χ1v) is 9.79. The van der Waals surface area contributed by atoms with E-state index in [1.54, 1.807) is 0 Å². The zero-order chi connectivity index (χ0) is 19.4. The Labute approximate surface area is 162 Å². The Hall–Kier alpha value is -2.49. The van der Waals surface area contributed by atoms with Crippen molar-refractivity contribution < 1.29 is 9.53 Å². The number of amides is 1. The number of nitrogens with one attached hydrogen (secondary N) is 1. The summed E-state index contributed by atoms with van der Waals surface area (Å²) >= 11 is 0. The van der Waals surface area contributed by atoms with Crippen molar-refractivity contribution in [3.63, 3.8) is 0 Å². The van der Waals surface area contributed by atoms with Crippen LogP contribution >= 0.6 is 0 Å². The average Bonchev–Trinajstić information content (AvgIpc) is 3.21. The molecule has 0 saturated carbocycles. The molecule has 0 unspecified atom stereocenters. The van der Waals surface area contributed by atoms with E-state index in [2.05, 4.69) is 23.5 Å². The van der Waals surface area contributed by atoms with Crippen LogP contribution in [-0.4, -0.2) is 11.7 Å². The van der Waals surface area contributed by atoms with Crippen LogP contribution in [0.15, 0.2) is 36.4 Å². The van der Waals surface area contributed by atoms with Crippen molar-refractivity contribution in [3.05, 3.63) is 58.7 Å². The van der Waals surface area contributed by atoms with E-state index >= 15 is 0 Å². The monoisotopic (exact) mass is 366 g/mol. The van der Waals surface area contributed by atoms with Gasteiger partial charge in [0.1, 0.15) is 5.60 Å². The summed E-state index contributed by atoms with van der Waals surface area (Å²) < 4.78 is 5.21. The van der Waals surface area contributed by atoms with Crippen LogP contribution in [0.1, 0.15) is 55.9 Å². The van der Waals surface area contributed by atoms with Gasteiger partial charge in [-0.1, -0.05) is 12.1 Å². The topological polar surface area (TPSA) is 64.3 Å². The largest absolute Gasteiger partial charge is 0.444 e. The number of ether oxygens (including phenoxy) is 1. The van der Waals surface area contributed by atoms with Crippen molar-refractivity contribution >= 4 is 17.5 Å². The Morgan fingerprint density at radius 2 is 1.44 bits per heavy atom. The van der Waals surface area contributed by atoms with E-state index in [-0.39, 0.29) is 0 Å². The Kier molecular flexibility index (Phi) is 5.73. The van der Waals surface area contributed by atoms with Crippen molar-refractivity contribution in [2.75, 3.05) is 11.1 Å². The number of nitrogen functional groups attached to an aromatic ring is 1. The molecule has 4 rings (SSSR count). The normalized spacial score (nSPS) is 14.6. The minimum absolute atomic E-state index is 0.393. The molecule has 0 bridgehead atoms. The summed E-state index contributed by atoms with van der Waals surface area (Å²) in [6.07, 6.45) is 6.86. The van der Waals surface area contributed by atoms with Gasteiger partial charge in [0.15, 0.2) is 0 Å². The number of aryl methyl sites for hydroxylation is 4. The van der Waals surface area contributed by atoms with E-state index in [4.69, 9.17) is 10.5 Å². The molecule has 2 aliphatic rings. The maximum Gasteiger partial charge on any atom is 0.412 e. The molecule has 0 heterocycles. The first kappa shape index (κ1) is 19.3. The standard InChI is InChI=1S/C14H19NO2.C9H11N/c1-14(2,3)17-13(16)15-12-8-7-10-5-4-6-11(10)9-12;10-9-5-4-7-2-1-3-8(7)6-9/h7-9H,4-6H2,1-3H3,(H,15,16);4-6H,1-3,10H2. The quantitative estimate of drug-likeness (QED) is 0.675. The molecule has 0 aromatic heterocycles. The van der Waals surface area contributed by atoms with Crippen molar-refractivity contribution in [3.8, 4) is 0 Å². The van der Waals surface area contributed by atoms with Crippen LogP contribution < -0.4 is 11.1 Å². The first-order valence-electron chi connectivity index (χ1n) is 9.79. The van der Waals surface area contributed by atoms with Gasteiger partial charge in [0.25, 0.3) is 0 Å². The van der Waals surface area contributed by atoms with Crippen LogP contribution in [-0.2, 0) is 30.4 Å². The summed E-state index contributed by atoms with van der Waals surface area (Å²) in [6.45, 7) is 5.57. The van der Waals surface area contributed by atoms with Gasteiger partial charge in [0.05, 0.1) is 0 Å². The van der Waals surface area contributed by atoms with Crippen molar-refractivity contribution in [2.45, 2.75) is 64.9 Å². The lowest BCUT2D eigenvalue weighted by molar-refractivity contribution is 0.0636. The highest BCUT2D eigenvalue weighted by Crippen LogP contribution is 2.25. The van der Waals surface area contributed by atoms with Crippen LogP contribution in [0.4, 0.5) is 16.2 Å². The number of benzene rings is 2. The number of carbonyl (C=O) groups is 1. The lowest BCUT2D eigenvalue weighted by atomic mass is 10.1. The zero-order valence-corrected chi connectivity index (χ0v) is 16.6. The number of fused-ring (bicyclic) bond motifs is 2. The van der Waals surface area contributed by atoms with Gasteiger partial charge in [-0.3, -0.25) is 5.32 Å². The third kappa shape index (κ3) is 5.49. The second-order valence-electron chi connectivity index (χ2n) is 8.35. The first-order chi connectivity index (χ1) is 12.8. The van der Waals surface area contributed by atoms with Gasteiger partial charge >= 0.3 is 6.09 Å². The molecule has 0 radical (unpaired) electrons. The van der Waals surface area contributed by atoms with Gasteiger partial charge in [-0.2, -0.15) is 0 Å². The minimum Gasteiger partial charge on any atom is -0.444 e. The van der Waals surface area contributed by atoms with Gasteiger partial charge in [0, 0.05) is 11.4 Å². The summed E-state index contributed by atoms with van der Waals surface area (Å²) in [7, 11) is 0. The zero-order valence-electron chi connectivity index (χ0n) is 16.6. The predicted molar refractivity (Wildman–Crippen MR) is 111 cm³/mol. The van der Waals surface area contributed by atoms with Gasteiger partial charge in [0.2, 0.25) is 0 Å². The van der Waals surface area contributed by atoms with Crippen LogP contribution in [0.3, 0.4) is 0 Å². The average molecular weight is 367 g/mol. The van der Waals surface area contributed by atoms with Crippen LogP contribution in [0.25, 0.3) is 0 Å². The number of carbonyl (C=O) groups excluding carboxylic acids is 1. The summed E-state index contributed by atoms with van der Waals surface area (Å²) in [5.41, 5.74) is 12.6. The molecule has 4 nitrogen and oxygen atoms in total. The molecule has 2 aromatic carbocycles. The highest BCUT2D eigenvalue weighted by Gasteiger charge is 2.17. The number of rotatable bonds is 1. The molecule has 2 aliphatic carbocycles. The summed E-state index contributed by atoms with van der Waals surface area (Å²) in [5.74, 6) is 0. The molecule has 0 saturated heterocycles. The fraction of sp³-hybridized carbons (Fsp3) is 0.435. The third-order valence-corrected chi connectivity index (χ3v) is 4.87. The van der Waals surface area contributed by atoms with Crippen LogP contribution in [0.5, 0.6) is 0 Å². The molecule has 27 heavy (non-hydrogen) atoms. The van der Waals surface area contributed by atoms with E-state index in [0.717, 1.165) is 24.2 Å². The van der Waals surface area contributed by atoms with E-state index in [1.165, 1.54) is 47.9 Å². The Balaban J connectivity index is 0.000000177. The van der Waals surface area contributed by atoms with E-state index in [0.29, 0.717) is 0 Å². The SMILES string of the molecule is CC(C)(C)OC(=O)Nc1ccc2c(c1)CCC2.Nc1ccc2c(c1)CCC2. The Bertz CT molecular complexity index is 822. The molecule has 144 valence electrons. The Morgan fingerprint density at radius 3 is 2.07 bits per heavy atom. The molecular formula is C23H30N2O2. The fourth-order valence-electron chi connectivity index (χ4n) is 3.66. The second kappa shape index (κ2) is 8.03. The second-order valence-corrected chi connectivity index (χ2v) is 8.35. The lowest BCUT2D eigenvalue weighted by Gasteiger charge is -2.19. The van der Waals surface area contributed by atoms with Crippen LogP contribution in [0.2, 0.25) is 0 Å². The molecule has 0 aliphatic heterocycles. The van der Waals surface area contributed by atoms with Gasteiger partial charge in [-0.05, 0) is 106 Å². The lowest BCUT2D eigenvalue weighted by Crippen LogP contribution is -2.27. The fourth-order valence-corrected chi connectivity index (χ4v) is 3.66. The number of nitrogens with two attached hydrogens (primary N) is 1. The van der Waals surface area contributed by atoms with Crippen molar-refractivity contribution in [2.24, 2.45) is 0 Å². The highest BCUT2D eigenvalue weighted by molar-refractivity contribution is 5.85.